The standard InChI is InChI=1S/C9H8N4O2/c10-7-5-11-12(6-7)8-3-1-2-4-9(8)13(14)15/h1-6H,10H2. The van der Waals surface area contributed by atoms with E-state index in [-0.39, 0.29) is 5.69 Å². The van der Waals surface area contributed by atoms with Crippen LogP contribution >= 0.6 is 0 Å². The highest BCUT2D eigenvalue weighted by Crippen LogP contribution is 2.21. The Bertz CT molecular complexity index is 506. The van der Waals surface area contributed by atoms with Gasteiger partial charge in [0.15, 0.2) is 0 Å². The number of aromatic nitrogens is 2. The van der Waals surface area contributed by atoms with Crippen LogP contribution in [0.25, 0.3) is 5.69 Å². The van der Waals surface area contributed by atoms with Crippen LogP contribution in [0.15, 0.2) is 36.7 Å². The number of benzene rings is 1. The molecule has 0 bridgehead atoms. The minimum absolute atomic E-state index is 0.000556. The lowest BCUT2D eigenvalue weighted by molar-refractivity contribution is -0.384. The van der Waals surface area contributed by atoms with Gasteiger partial charge in [-0.05, 0) is 6.07 Å². The molecule has 0 fully saturated rings. The van der Waals surface area contributed by atoms with E-state index in [9.17, 15) is 10.1 Å². The summed E-state index contributed by atoms with van der Waals surface area (Å²) in [6.45, 7) is 0. The van der Waals surface area contributed by atoms with Gasteiger partial charge in [-0.1, -0.05) is 12.1 Å². The van der Waals surface area contributed by atoms with E-state index in [2.05, 4.69) is 5.10 Å². The summed E-state index contributed by atoms with van der Waals surface area (Å²) in [7, 11) is 0. The second-order valence-corrected chi connectivity index (χ2v) is 2.96. The predicted molar refractivity (Wildman–Crippen MR) is 54.6 cm³/mol. The van der Waals surface area contributed by atoms with Crippen molar-refractivity contribution in [2.24, 2.45) is 0 Å². The Morgan fingerprint density at radius 2 is 2.13 bits per heavy atom. The quantitative estimate of drug-likeness (QED) is 0.591. The van der Waals surface area contributed by atoms with Crippen molar-refractivity contribution in [1.29, 1.82) is 0 Å². The van der Waals surface area contributed by atoms with Crippen molar-refractivity contribution in [3.8, 4) is 5.69 Å². The highest BCUT2D eigenvalue weighted by atomic mass is 16.6. The summed E-state index contributed by atoms with van der Waals surface area (Å²) in [5.74, 6) is 0. The maximum atomic E-state index is 10.7. The van der Waals surface area contributed by atoms with Gasteiger partial charge < -0.3 is 5.73 Å². The summed E-state index contributed by atoms with van der Waals surface area (Å²) in [4.78, 5) is 10.3. The van der Waals surface area contributed by atoms with E-state index in [0.29, 0.717) is 11.4 Å². The van der Waals surface area contributed by atoms with Crippen molar-refractivity contribution in [2.75, 3.05) is 5.73 Å². The van der Waals surface area contributed by atoms with Crippen molar-refractivity contribution in [3.63, 3.8) is 0 Å². The first kappa shape index (κ1) is 9.20. The van der Waals surface area contributed by atoms with Gasteiger partial charge in [0.25, 0.3) is 5.69 Å². The number of hydrogen-bond donors (Lipinski definition) is 1. The van der Waals surface area contributed by atoms with Crippen LogP contribution < -0.4 is 5.73 Å². The van der Waals surface area contributed by atoms with Gasteiger partial charge >= 0.3 is 0 Å². The molecule has 76 valence electrons. The zero-order valence-corrected chi connectivity index (χ0v) is 7.70. The van der Waals surface area contributed by atoms with Crippen LogP contribution in [-0.4, -0.2) is 14.7 Å². The van der Waals surface area contributed by atoms with E-state index in [4.69, 9.17) is 5.73 Å². The van der Waals surface area contributed by atoms with Gasteiger partial charge in [0.2, 0.25) is 0 Å². The van der Waals surface area contributed by atoms with Crippen LogP contribution in [0.5, 0.6) is 0 Å². The molecule has 0 saturated carbocycles. The molecule has 15 heavy (non-hydrogen) atoms. The fraction of sp³-hybridized carbons (Fsp3) is 0. The molecule has 6 heteroatoms. The average molecular weight is 204 g/mol. The molecule has 0 unspecified atom stereocenters. The molecule has 0 atom stereocenters. The Morgan fingerprint density at radius 1 is 1.40 bits per heavy atom. The minimum atomic E-state index is -0.451. The summed E-state index contributed by atoms with van der Waals surface area (Å²) < 4.78 is 1.38. The summed E-state index contributed by atoms with van der Waals surface area (Å²) >= 11 is 0. The molecule has 0 saturated heterocycles. The van der Waals surface area contributed by atoms with Gasteiger partial charge in [0.05, 0.1) is 23.0 Å². The van der Waals surface area contributed by atoms with Crippen LogP contribution in [0, 0.1) is 10.1 Å². The first-order valence-corrected chi connectivity index (χ1v) is 4.22. The lowest BCUT2D eigenvalue weighted by atomic mass is 10.3. The predicted octanol–water partition coefficient (Wildman–Crippen LogP) is 1.36. The van der Waals surface area contributed by atoms with E-state index in [0.717, 1.165) is 0 Å². The van der Waals surface area contributed by atoms with Crippen molar-refractivity contribution in [2.45, 2.75) is 0 Å². The number of anilines is 1. The molecule has 2 rings (SSSR count). The number of rotatable bonds is 2. The number of hydrogen-bond acceptors (Lipinski definition) is 4. The summed E-state index contributed by atoms with van der Waals surface area (Å²) in [5, 5.41) is 14.7. The van der Waals surface area contributed by atoms with E-state index in [1.807, 2.05) is 0 Å². The molecular weight excluding hydrogens is 196 g/mol. The number of nitrogens with zero attached hydrogens (tertiary/aromatic N) is 3. The second kappa shape index (κ2) is 3.41. The third-order valence-electron chi connectivity index (χ3n) is 1.93. The Balaban J connectivity index is 2.57. The van der Waals surface area contributed by atoms with Gasteiger partial charge in [-0.15, -0.1) is 0 Å². The molecule has 2 aromatic rings. The fourth-order valence-electron chi connectivity index (χ4n) is 1.28. The zero-order valence-electron chi connectivity index (χ0n) is 7.70. The highest BCUT2D eigenvalue weighted by Gasteiger charge is 2.14. The van der Waals surface area contributed by atoms with E-state index < -0.39 is 4.92 Å². The molecular formula is C9H8N4O2. The monoisotopic (exact) mass is 204 g/mol. The summed E-state index contributed by atoms with van der Waals surface area (Å²) in [6.07, 6.45) is 2.97. The number of para-hydroxylation sites is 2. The molecule has 0 aliphatic rings. The molecule has 0 aliphatic heterocycles. The molecule has 1 aromatic carbocycles. The van der Waals surface area contributed by atoms with Crippen molar-refractivity contribution in [3.05, 3.63) is 46.8 Å². The molecule has 0 spiro atoms. The normalized spacial score (nSPS) is 10.1. The molecule has 0 amide bonds. The van der Waals surface area contributed by atoms with Gasteiger partial charge in [-0.25, -0.2) is 4.68 Å². The van der Waals surface area contributed by atoms with Crippen LogP contribution in [0.3, 0.4) is 0 Å². The maximum absolute atomic E-state index is 10.7. The van der Waals surface area contributed by atoms with Crippen LogP contribution in [-0.2, 0) is 0 Å². The van der Waals surface area contributed by atoms with Crippen LogP contribution in [0.4, 0.5) is 11.4 Å². The van der Waals surface area contributed by atoms with E-state index >= 15 is 0 Å². The summed E-state index contributed by atoms with van der Waals surface area (Å²) in [6, 6.07) is 6.35. The molecule has 0 aliphatic carbocycles. The lowest BCUT2D eigenvalue weighted by Gasteiger charge is -2.01. The molecule has 1 aromatic heterocycles. The third-order valence-corrected chi connectivity index (χ3v) is 1.93. The first-order valence-electron chi connectivity index (χ1n) is 4.22. The van der Waals surface area contributed by atoms with Gasteiger partial charge in [0, 0.05) is 6.07 Å². The SMILES string of the molecule is Nc1cnn(-c2ccccc2[N+](=O)[O-])c1. The number of nitro groups is 1. The minimum Gasteiger partial charge on any atom is -0.396 e. The highest BCUT2D eigenvalue weighted by molar-refractivity contribution is 5.52. The Hall–Kier alpha value is -2.37. The van der Waals surface area contributed by atoms with Crippen LogP contribution in [0.2, 0.25) is 0 Å². The smallest absolute Gasteiger partial charge is 0.294 e. The van der Waals surface area contributed by atoms with Crippen molar-refractivity contribution < 1.29 is 4.92 Å². The van der Waals surface area contributed by atoms with Crippen molar-refractivity contribution >= 4 is 11.4 Å². The van der Waals surface area contributed by atoms with Crippen molar-refractivity contribution in [1.82, 2.24) is 9.78 Å². The van der Waals surface area contributed by atoms with Gasteiger partial charge in [-0.2, -0.15) is 5.10 Å². The maximum Gasteiger partial charge on any atom is 0.294 e. The molecule has 1 heterocycles. The second-order valence-electron chi connectivity index (χ2n) is 2.96. The Morgan fingerprint density at radius 3 is 2.73 bits per heavy atom. The molecule has 6 nitrogen and oxygen atoms in total. The van der Waals surface area contributed by atoms with Gasteiger partial charge in [-0.3, -0.25) is 10.1 Å². The largest absolute Gasteiger partial charge is 0.396 e. The average Bonchev–Trinajstić information content (AvgIpc) is 2.65. The molecule has 2 N–H and O–H groups in total. The third kappa shape index (κ3) is 1.64. The zero-order chi connectivity index (χ0) is 10.8. The topological polar surface area (TPSA) is 87.0 Å². The van der Waals surface area contributed by atoms with Gasteiger partial charge in [0.1, 0.15) is 5.69 Å². The molecule has 0 radical (unpaired) electrons. The lowest BCUT2D eigenvalue weighted by Crippen LogP contribution is -1.99. The van der Waals surface area contributed by atoms with E-state index in [1.165, 1.54) is 23.1 Å². The number of nitro benzene ring substituents is 1. The van der Waals surface area contributed by atoms with Crippen LogP contribution in [0.1, 0.15) is 0 Å². The fourth-order valence-corrected chi connectivity index (χ4v) is 1.28. The summed E-state index contributed by atoms with van der Waals surface area (Å²) in [5.41, 5.74) is 6.36. The Labute approximate surface area is 85.1 Å². The Kier molecular flexibility index (Phi) is 2.09. The number of nitrogen functional groups attached to an aromatic ring is 1. The first-order chi connectivity index (χ1) is 7.18. The van der Waals surface area contributed by atoms with E-state index in [1.54, 1.807) is 18.2 Å². The number of nitrogens with two attached hydrogens (primary N) is 1.